The minimum atomic E-state index is 0.363. The summed E-state index contributed by atoms with van der Waals surface area (Å²) >= 11 is 1.81. The highest BCUT2D eigenvalue weighted by atomic mass is 32.1. The lowest BCUT2D eigenvalue weighted by Crippen LogP contribution is -1.98. The summed E-state index contributed by atoms with van der Waals surface area (Å²) in [5.74, 6) is 9.35. The van der Waals surface area contributed by atoms with Crippen LogP contribution in [-0.4, -0.2) is 81.9 Å². The molecule has 0 spiro atoms. The number of ether oxygens (including phenoxy) is 1. The van der Waals surface area contributed by atoms with Crippen molar-refractivity contribution in [3.8, 4) is 17.1 Å². The number of hydrogen-bond donors (Lipinski definition) is 2. The zero-order chi connectivity index (χ0) is 77.9. The van der Waals surface area contributed by atoms with Gasteiger partial charge in [-0.3, -0.25) is 15.0 Å². The molecule has 0 saturated carbocycles. The summed E-state index contributed by atoms with van der Waals surface area (Å²) in [6.45, 7) is 41.3. The third kappa shape index (κ3) is 29.5. The van der Waals surface area contributed by atoms with E-state index in [-0.39, 0.29) is 0 Å². The zero-order valence-corrected chi connectivity index (χ0v) is 68.4. The van der Waals surface area contributed by atoms with Crippen LogP contribution in [0.2, 0.25) is 0 Å². The van der Waals surface area contributed by atoms with Crippen LogP contribution < -0.4 is 4.74 Å². The number of methoxy groups -OCH3 is 1. The molecule has 9 atom stereocenters. The molecule has 0 radical (unpaired) electrons. The number of benzene rings is 4. The number of aromatic nitrogens is 15. The van der Waals surface area contributed by atoms with Crippen molar-refractivity contribution in [2.45, 2.75) is 243 Å². The van der Waals surface area contributed by atoms with E-state index in [4.69, 9.17) is 9.15 Å². The maximum atomic E-state index is 5.74. The van der Waals surface area contributed by atoms with Gasteiger partial charge in [0, 0.05) is 113 Å². The van der Waals surface area contributed by atoms with Crippen molar-refractivity contribution in [3.63, 3.8) is 0 Å². The van der Waals surface area contributed by atoms with Gasteiger partial charge in [0.2, 0.25) is 0 Å². The van der Waals surface area contributed by atoms with Crippen molar-refractivity contribution >= 4 is 44.0 Å². The van der Waals surface area contributed by atoms with Crippen molar-refractivity contribution in [3.05, 3.63) is 252 Å². The van der Waals surface area contributed by atoms with Crippen LogP contribution in [0.1, 0.15) is 291 Å². The van der Waals surface area contributed by atoms with Crippen molar-refractivity contribution in [2.24, 2.45) is 0 Å². The van der Waals surface area contributed by atoms with Crippen LogP contribution in [0.3, 0.4) is 0 Å². The second kappa shape index (κ2) is 49.1. The van der Waals surface area contributed by atoms with Gasteiger partial charge in [-0.2, -0.15) is 0 Å². The molecule has 9 heterocycles. The van der Waals surface area contributed by atoms with Gasteiger partial charge >= 0.3 is 0 Å². The van der Waals surface area contributed by atoms with Crippen LogP contribution in [-0.2, 0) is 0 Å². The third-order valence-electron chi connectivity index (χ3n) is 19.4. The molecule has 0 bridgehead atoms. The maximum absolute atomic E-state index is 5.74. The monoisotopic (exact) mass is 1460 g/mol. The van der Waals surface area contributed by atoms with E-state index in [9.17, 15) is 0 Å². The summed E-state index contributed by atoms with van der Waals surface area (Å²) in [6, 6.07) is 34.7. The summed E-state index contributed by atoms with van der Waals surface area (Å²) in [7, 11) is 1.66. The molecule has 4 aromatic carbocycles. The lowest BCUT2D eigenvalue weighted by molar-refractivity contribution is 0.414. The average Bonchev–Trinajstić information content (AvgIpc) is 1.61. The van der Waals surface area contributed by atoms with E-state index >= 15 is 0 Å². The largest absolute Gasteiger partial charge is 0.497 e. The fourth-order valence-corrected chi connectivity index (χ4v) is 11.2. The Labute approximate surface area is 643 Å². The van der Waals surface area contributed by atoms with Crippen LogP contribution in [0, 0.1) is 6.92 Å². The predicted octanol–water partition coefficient (Wildman–Crippen LogP) is 24.7. The molecular formula is C89H121N15O2S. The molecule has 0 saturated heterocycles. The number of thiazole rings is 1. The van der Waals surface area contributed by atoms with Crippen molar-refractivity contribution in [1.82, 2.24) is 74.8 Å². The summed E-state index contributed by atoms with van der Waals surface area (Å²) in [5.41, 5.74) is 10.4. The van der Waals surface area contributed by atoms with E-state index in [0.29, 0.717) is 53.3 Å². The van der Waals surface area contributed by atoms with Gasteiger partial charge in [-0.25, -0.2) is 49.8 Å². The van der Waals surface area contributed by atoms with Gasteiger partial charge in [0.25, 0.3) is 0 Å². The Bertz CT molecular complexity index is 4230. The van der Waals surface area contributed by atoms with Crippen LogP contribution >= 0.6 is 11.3 Å². The standard InChI is InChI=1S/C14H17NO2.2C13H15N.C12H14N2.C8H12N2.C8H13NS.C7H11N3.2C7H12N2/c1-4-10(2)14-15-9-13(17-14)11-5-7-12(16-3)8-6-11;1-3-10(2)13-9-14-8-11-6-4-5-7-12(11)13;1-3-10(2)11-8-9-14-13-7-5-4-6-12(11)13;1-3-9(2)12-8-13-10-6-4-5-7-11(10)14-12;1-3-7(2)8-4-9-6-10-5-8;1-4-6(2)8-9-5-7(3)10-8;1-3-6(2)7-9-4-8-5-10-7;1-3-6(2)7-4-8-5-9-7;1-3-6(2)7-8-4-5-9-7/h5-10H,4H2,1-3H3;2*4-10H,3H2,1-2H3;4-9H,3H2,1-2H3;4-7H,3H2,1-2H3;5-6H,4H2,1-3H3;4-6H,3H2,1-2H3;2*4-6H,3H2,1-2H3,(H,8,9). The topological polar surface area (TPSA) is 222 Å². The molecule has 13 aromatic rings. The van der Waals surface area contributed by atoms with Gasteiger partial charge in [0.1, 0.15) is 36.4 Å². The first-order valence-corrected chi connectivity index (χ1v) is 39.4. The second-order valence-corrected chi connectivity index (χ2v) is 28.5. The van der Waals surface area contributed by atoms with Crippen molar-refractivity contribution < 1.29 is 9.15 Å². The fourth-order valence-electron chi connectivity index (χ4n) is 10.3. The Morgan fingerprint density at radius 2 is 1.02 bits per heavy atom. The number of imidazole rings is 2. The second-order valence-electron chi connectivity index (χ2n) is 27.2. The lowest BCUT2D eigenvalue weighted by atomic mass is 9.95. The summed E-state index contributed by atoms with van der Waals surface area (Å²) in [6.07, 6.45) is 37.3. The lowest BCUT2D eigenvalue weighted by Gasteiger charge is -2.11. The van der Waals surface area contributed by atoms with Gasteiger partial charge in [-0.15, -0.1) is 11.3 Å². The molecule has 0 aliphatic heterocycles. The molecule has 18 heteroatoms. The predicted molar refractivity (Wildman–Crippen MR) is 446 cm³/mol. The molecule has 13 rings (SSSR count). The normalized spacial score (nSPS) is 13.0. The number of nitrogens with one attached hydrogen (secondary N) is 2. The third-order valence-corrected chi connectivity index (χ3v) is 20.6. The van der Waals surface area contributed by atoms with E-state index in [2.05, 4.69) is 255 Å². The van der Waals surface area contributed by atoms with E-state index in [1.807, 2.05) is 122 Å². The number of para-hydroxylation sites is 3. The number of pyridine rings is 2. The Morgan fingerprint density at radius 1 is 0.421 bits per heavy atom. The number of oxazole rings is 1. The molecule has 9 aromatic heterocycles. The maximum Gasteiger partial charge on any atom is 0.197 e. The Hall–Kier alpha value is -9.81. The van der Waals surface area contributed by atoms with Crippen LogP contribution in [0.25, 0.3) is 44.0 Å². The Kier molecular flexibility index (Phi) is 40.3. The van der Waals surface area contributed by atoms with Crippen molar-refractivity contribution in [1.29, 1.82) is 0 Å². The van der Waals surface area contributed by atoms with Crippen LogP contribution in [0.4, 0.5) is 0 Å². The number of rotatable bonds is 20. The SMILES string of the molecule is CCC(C)c1ccnc2ccccc12.CCC(C)c1cnc2ccccc2n1.CCC(C)c1cnc[nH]1.CCC(C)c1cncc2ccccc12.CCC(C)c1cncnc1.CCC(C)c1ncc(-c2ccc(OC)cc2)o1.CCC(C)c1ncc(C)s1.CCC(C)c1ncc[nH]1.CCC(C)c1ncncn1. The molecule has 570 valence electrons. The Balaban J connectivity index is 0.000000218. The summed E-state index contributed by atoms with van der Waals surface area (Å²) < 4.78 is 10.9. The molecule has 2 N–H and O–H groups in total. The van der Waals surface area contributed by atoms with Crippen LogP contribution in [0.5, 0.6) is 5.75 Å². The summed E-state index contributed by atoms with van der Waals surface area (Å²) in [5, 5.41) is 5.16. The molecule has 107 heavy (non-hydrogen) atoms. The molecule has 9 unspecified atom stereocenters. The quantitative estimate of drug-likeness (QED) is 0.0724. The van der Waals surface area contributed by atoms with Gasteiger partial charge in [-0.1, -0.05) is 179 Å². The summed E-state index contributed by atoms with van der Waals surface area (Å²) in [4.78, 5) is 61.4. The van der Waals surface area contributed by atoms with Gasteiger partial charge < -0.3 is 19.1 Å². The first-order valence-electron chi connectivity index (χ1n) is 38.6. The van der Waals surface area contributed by atoms with E-state index in [1.54, 1.807) is 32.2 Å². The molecule has 17 nitrogen and oxygen atoms in total. The molecule has 0 amide bonds. The fraction of sp³-hybridized carbons (Fsp3) is 0.427. The van der Waals surface area contributed by atoms with Gasteiger partial charge in [0.05, 0.1) is 46.9 Å². The number of nitrogens with zero attached hydrogens (tertiary/aromatic N) is 13. The highest BCUT2D eigenvalue weighted by Crippen LogP contribution is 2.30. The minimum Gasteiger partial charge on any atom is -0.497 e. The number of fused-ring (bicyclic) bond motifs is 3. The van der Waals surface area contributed by atoms with E-state index in [0.717, 1.165) is 95.4 Å². The number of hydrogen-bond acceptors (Lipinski definition) is 16. The number of H-pyrrole nitrogens is 2. The van der Waals surface area contributed by atoms with Crippen LogP contribution in [0.15, 0.2) is 201 Å². The highest BCUT2D eigenvalue weighted by Gasteiger charge is 2.14. The number of aromatic amines is 2. The highest BCUT2D eigenvalue weighted by molar-refractivity contribution is 7.11. The molecular weight excluding hydrogens is 1340 g/mol. The molecule has 0 fully saturated rings. The molecule has 0 aliphatic carbocycles. The van der Waals surface area contributed by atoms with Gasteiger partial charge in [-0.05, 0) is 165 Å². The smallest absolute Gasteiger partial charge is 0.197 e. The van der Waals surface area contributed by atoms with E-state index in [1.165, 1.54) is 80.3 Å². The van der Waals surface area contributed by atoms with Gasteiger partial charge in [0.15, 0.2) is 11.7 Å². The zero-order valence-electron chi connectivity index (χ0n) is 67.6. The first-order chi connectivity index (χ1) is 51.8. The van der Waals surface area contributed by atoms with E-state index < -0.39 is 0 Å². The Morgan fingerprint density at radius 3 is 1.60 bits per heavy atom. The molecule has 0 aliphatic rings. The average molecular weight is 1470 g/mol. The number of aryl methyl sites for hydroxylation is 1. The minimum absolute atomic E-state index is 0.363. The van der Waals surface area contributed by atoms with Crippen molar-refractivity contribution in [2.75, 3.05) is 7.11 Å². The first kappa shape index (κ1) is 87.8.